The van der Waals surface area contributed by atoms with Gasteiger partial charge in [-0.3, -0.25) is 14.4 Å². The first-order valence-corrected chi connectivity index (χ1v) is 35.9. The van der Waals surface area contributed by atoms with Crippen LogP contribution in [-0.2, 0) is 28.6 Å². The molecule has 0 radical (unpaired) electrons. The van der Waals surface area contributed by atoms with E-state index in [0.29, 0.717) is 19.3 Å². The third-order valence-corrected chi connectivity index (χ3v) is 15.9. The summed E-state index contributed by atoms with van der Waals surface area (Å²) in [5, 5.41) is 0. The highest BCUT2D eigenvalue weighted by atomic mass is 16.6. The summed E-state index contributed by atoms with van der Waals surface area (Å²) in [5.41, 5.74) is 0. The van der Waals surface area contributed by atoms with E-state index in [1.54, 1.807) is 0 Å². The van der Waals surface area contributed by atoms with Crippen molar-refractivity contribution in [1.29, 1.82) is 0 Å². The molecule has 0 rings (SSSR count). The smallest absolute Gasteiger partial charge is 0.306 e. The predicted octanol–water partition coefficient (Wildman–Crippen LogP) is 24.8. The molecule has 1 atom stereocenters. The fourth-order valence-electron chi connectivity index (χ4n) is 10.6. The number of ether oxygens (including phenoxy) is 3. The van der Waals surface area contributed by atoms with Crippen molar-refractivity contribution in [3.05, 3.63) is 72.9 Å². The lowest BCUT2D eigenvalue weighted by atomic mass is 10.0. The van der Waals surface area contributed by atoms with Gasteiger partial charge in [0.1, 0.15) is 13.2 Å². The van der Waals surface area contributed by atoms with E-state index in [9.17, 15) is 14.4 Å². The van der Waals surface area contributed by atoms with Crippen LogP contribution in [0.15, 0.2) is 72.9 Å². The summed E-state index contributed by atoms with van der Waals surface area (Å²) in [7, 11) is 0. The first-order valence-electron chi connectivity index (χ1n) is 35.9. The second kappa shape index (κ2) is 70.3. The van der Waals surface area contributed by atoms with Crippen molar-refractivity contribution in [2.75, 3.05) is 13.2 Å². The highest BCUT2D eigenvalue weighted by molar-refractivity contribution is 5.71. The van der Waals surface area contributed by atoms with Gasteiger partial charge in [-0.1, -0.05) is 338 Å². The van der Waals surface area contributed by atoms with Gasteiger partial charge in [0.15, 0.2) is 6.10 Å². The van der Waals surface area contributed by atoms with E-state index in [0.717, 1.165) is 109 Å². The van der Waals surface area contributed by atoms with Crippen LogP contribution in [-0.4, -0.2) is 37.2 Å². The predicted molar refractivity (Wildman–Crippen MR) is 358 cm³/mol. The molecule has 0 aliphatic heterocycles. The van der Waals surface area contributed by atoms with Gasteiger partial charge in [-0.25, -0.2) is 0 Å². The van der Waals surface area contributed by atoms with E-state index in [-0.39, 0.29) is 31.1 Å². The highest BCUT2D eigenvalue weighted by Gasteiger charge is 2.19. The van der Waals surface area contributed by atoms with Gasteiger partial charge in [0.25, 0.3) is 0 Å². The van der Waals surface area contributed by atoms with Crippen molar-refractivity contribution in [3.8, 4) is 0 Å². The maximum atomic E-state index is 13.0. The Balaban J connectivity index is 4.35. The van der Waals surface area contributed by atoms with Crippen molar-refractivity contribution in [2.45, 2.75) is 380 Å². The summed E-state index contributed by atoms with van der Waals surface area (Å²) in [4.78, 5) is 38.5. The number of carbonyl (C=O) groups is 3. The Labute approximate surface area is 510 Å². The van der Waals surface area contributed by atoms with Crippen LogP contribution in [0.25, 0.3) is 0 Å². The second-order valence-electron chi connectivity index (χ2n) is 24.1. The number of rotatable bonds is 66. The molecule has 0 saturated heterocycles. The van der Waals surface area contributed by atoms with Gasteiger partial charge < -0.3 is 14.2 Å². The summed E-state index contributed by atoms with van der Waals surface area (Å²) in [5.74, 6) is -0.874. The number of unbranched alkanes of at least 4 members (excludes halogenated alkanes) is 43. The minimum Gasteiger partial charge on any atom is -0.462 e. The molecule has 6 heteroatoms. The van der Waals surface area contributed by atoms with Crippen LogP contribution in [0.4, 0.5) is 0 Å². The standard InChI is InChI=1S/C76H136O6/c1-4-7-10-13-16-19-22-25-28-31-34-36-37-38-39-41-42-45-48-51-54-57-60-63-66-69-75(78)81-72-73(71-80-74(77)68-65-62-59-56-53-50-47-44-33-30-27-24-21-18-15-12-9-6-3)82-76(79)70-67-64-61-58-55-52-49-46-43-40-35-32-29-26-23-20-17-14-11-8-5-2/h8,11,17,20,26,29,31,34-35,40,46,49,73H,4-7,9-10,12-16,18-19,21-25,27-28,30,32-33,36-39,41-45,47-48,50-72H2,1-3H3/b11-8-,20-17-,29-26-,34-31-,40-35-,49-46-. The second-order valence-corrected chi connectivity index (χ2v) is 24.1. The third kappa shape index (κ3) is 67.6. The molecule has 0 heterocycles. The van der Waals surface area contributed by atoms with Gasteiger partial charge in [-0.2, -0.15) is 0 Å². The van der Waals surface area contributed by atoms with Crippen LogP contribution < -0.4 is 0 Å². The zero-order valence-electron chi connectivity index (χ0n) is 54.8. The van der Waals surface area contributed by atoms with Crippen molar-refractivity contribution < 1.29 is 28.6 Å². The first kappa shape index (κ1) is 78.8. The molecule has 0 aliphatic rings. The van der Waals surface area contributed by atoms with Gasteiger partial charge in [0.2, 0.25) is 0 Å². The van der Waals surface area contributed by atoms with Crippen LogP contribution in [0.5, 0.6) is 0 Å². The SMILES string of the molecule is CC/C=C\C/C=C\C/C=C\C/C=C\C/C=C\CCCCCCCC(=O)OC(COC(=O)CCCCCCCCCCCCCCC/C=C\CCCCCCCCCC)COC(=O)CCCCCCCCCCCCCCCCCCCC. The quantitative estimate of drug-likeness (QED) is 0.0261. The third-order valence-electron chi connectivity index (χ3n) is 15.9. The average molecular weight is 1150 g/mol. The molecular weight excluding hydrogens is 1010 g/mol. The minimum absolute atomic E-state index is 0.0793. The van der Waals surface area contributed by atoms with Crippen molar-refractivity contribution >= 4 is 17.9 Å². The van der Waals surface area contributed by atoms with E-state index in [4.69, 9.17) is 14.2 Å². The van der Waals surface area contributed by atoms with E-state index in [2.05, 4.69) is 93.7 Å². The zero-order chi connectivity index (χ0) is 59.2. The highest BCUT2D eigenvalue weighted by Crippen LogP contribution is 2.18. The van der Waals surface area contributed by atoms with Gasteiger partial charge in [0, 0.05) is 19.3 Å². The Morgan fingerprint density at radius 1 is 0.256 bits per heavy atom. The van der Waals surface area contributed by atoms with Crippen molar-refractivity contribution in [2.24, 2.45) is 0 Å². The fourth-order valence-corrected chi connectivity index (χ4v) is 10.6. The molecule has 82 heavy (non-hydrogen) atoms. The van der Waals surface area contributed by atoms with Crippen LogP contribution in [0.3, 0.4) is 0 Å². The molecule has 0 aliphatic carbocycles. The molecule has 476 valence electrons. The molecule has 6 nitrogen and oxygen atoms in total. The normalized spacial score (nSPS) is 12.5. The summed E-state index contributed by atoms with van der Waals surface area (Å²) in [6, 6.07) is 0. The lowest BCUT2D eigenvalue weighted by molar-refractivity contribution is -0.167. The topological polar surface area (TPSA) is 78.9 Å². The Bertz CT molecular complexity index is 1500. The molecular formula is C76H136O6. The number of carbonyl (C=O) groups excluding carboxylic acids is 3. The van der Waals surface area contributed by atoms with Crippen molar-refractivity contribution in [3.63, 3.8) is 0 Å². The molecule has 0 aromatic rings. The van der Waals surface area contributed by atoms with Crippen LogP contribution in [0.2, 0.25) is 0 Å². The van der Waals surface area contributed by atoms with Crippen LogP contribution in [0.1, 0.15) is 374 Å². The maximum absolute atomic E-state index is 13.0. The van der Waals surface area contributed by atoms with Crippen LogP contribution in [0, 0.1) is 0 Å². The Hall–Kier alpha value is -3.15. The lowest BCUT2D eigenvalue weighted by Crippen LogP contribution is -2.30. The van der Waals surface area contributed by atoms with E-state index >= 15 is 0 Å². The lowest BCUT2D eigenvalue weighted by Gasteiger charge is -2.18. The van der Waals surface area contributed by atoms with Crippen molar-refractivity contribution in [1.82, 2.24) is 0 Å². The van der Waals surface area contributed by atoms with E-state index < -0.39 is 6.10 Å². The summed E-state index contributed by atoms with van der Waals surface area (Å²) in [6.07, 6.45) is 92.1. The van der Waals surface area contributed by atoms with Gasteiger partial charge >= 0.3 is 17.9 Å². The average Bonchev–Trinajstić information content (AvgIpc) is 3.47. The summed E-state index contributed by atoms with van der Waals surface area (Å²) in [6.45, 7) is 6.58. The van der Waals surface area contributed by atoms with E-state index in [1.165, 1.54) is 225 Å². The molecule has 0 spiro atoms. The van der Waals surface area contributed by atoms with Gasteiger partial charge in [-0.05, 0) is 89.9 Å². The Morgan fingerprint density at radius 3 is 0.756 bits per heavy atom. The number of hydrogen-bond donors (Lipinski definition) is 0. The molecule has 0 aromatic heterocycles. The first-order chi connectivity index (χ1) is 40.5. The molecule has 0 amide bonds. The van der Waals surface area contributed by atoms with E-state index in [1.807, 2.05) is 0 Å². The molecule has 0 bridgehead atoms. The fraction of sp³-hybridized carbons (Fsp3) is 0.803. The molecule has 0 fully saturated rings. The zero-order valence-corrected chi connectivity index (χ0v) is 54.8. The summed E-state index contributed by atoms with van der Waals surface area (Å²) < 4.78 is 17.0. The van der Waals surface area contributed by atoms with Gasteiger partial charge in [0.05, 0.1) is 0 Å². The number of hydrogen-bond acceptors (Lipinski definition) is 6. The Kier molecular flexibility index (Phi) is 67.6. The molecule has 0 saturated carbocycles. The molecule has 0 aromatic carbocycles. The number of esters is 3. The number of allylic oxidation sites excluding steroid dienone is 12. The summed E-state index contributed by atoms with van der Waals surface area (Å²) >= 11 is 0. The molecule has 1 unspecified atom stereocenters. The Morgan fingerprint density at radius 2 is 0.476 bits per heavy atom. The minimum atomic E-state index is -0.786. The maximum Gasteiger partial charge on any atom is 0.306 e. The monoisotopic (exact) mass is 1150 g/mol. The largest absolute Gasteiger partial charge is 0.462 e. The van der Waals surface area contributed by atoms with Crippen LogP contribution >= 0.6 is 0 Å². The van der Waals surface area contributed by atoms with Gasteiger partial charge in [-0.15, -0.1) is 0 Å². The molecule has 0 N–H and O–H groups in total.